The molecule has 3 amide bonds. The third kappa shape index (κ3) is 2.31. The summed E-state index contributed by atoms with van der Waals surface area (Å²) >= 11 is 0. The van der Waals surface area contributed by atoms with Crippen molar-refractivity contribution < 1.29 is 19.5 Å². The number of benzene rings is 1. The molecule has 2 unspecified atom stereocenters. The third-order valence-electron chi connectivity index (χ3n) is 4.98. The SMILES string of the molecule is Cc1cccc(N2CCN3C2=NC2C3C(=O)N(CC(=O)O)C(=O)N2C)c1. The fourth-order valence-electron chi connectivity index (χ4n) is 3.76. The highest BCUT2D eigenvalue weighted by Gasteiger charge is 2.54. The van der Waals surface area contributed by atoms with Crippen LogP contribution in [0.15, 0.2) is 29.3 Å². The molecule has 0 aliphatic carbocycles. The molecule has 136 valence electrons. The first-order valence-electron chi connectivity index (χ1n) is 8.37. The fraction of sp³-hybridized carbons (Fsp3) is 0.412. The zero-order chi connectivity index (χ0) is 18.6. The van der Waals surface area contributed by atoms with Crippen LogP contribution in [0.3, 0.4) is 0 Å². The molecular weight excluding hydrogens is 338 g/mol. The minimum atomic E-state index is -1.22. The Hall–Kier alpha value is -3.10. The lowest BCUT2D eigenvalue weighted by molar-refractivity contribution is -0.146. The zero-order valence-electron chi connectivity index (χ0n) is 14.5. The average Bonchev–Trinajstić information content (AvgIpc) is 3.15. The normalized spacial score (nSPS) is 24.8. The van der Waals surface area contributed by atoms with Crippen molar-refractivity contribution in [3.63, 3.8) is 0 Å². The summed E-state index contributed by atoms with van der Waals surface area (Å²) in [5.41, 5.74) is 2.10. The summed E-state index contributed by atoms with van der Waals surface area (Å²) in [4.78, 5) is 46.9. The second-order valence-electron chi connectivity index (χ2n) is 6.68. The largest absolute Gasteiger partial charge is 0.480 e. The minimum Gasteiger partial charge on any atom is -0.480 e. The van der Waals surface area contributed by atoms with E-state index in [2.05, 4.69) is 4.99 Å². The number of hydrogen-bond donors (Lipinski definition) is 1. The van der Waals surface area contributed by atoms with Gasteiger partial charge in [0.15, 0.2) is 12.2 Å². The summed E-state index contributed by atoms with van der Waals surface area (Å²) in [5, 5.41) is 9.02. The lowest BCUT2D eigenvalue weighted by Crippen LogP contribution is -2.65. The average molecular weight is 357 g/mol. The number of amides is 3. The van der Waals surface area contributed by atoms with Gasteiger partial charge in [0, 0.05) is 25.8 Å². The molecule has 2 saturated heterocycles. The van der Waals surface area contributed by atoms with Crippen molar-refractivity contribution in [1.29, 1.82) is 0 Å². The van der Waals surface area contributed by atoms with E-state index in [1.165, 1.54) is 4.90 Å². The number of carboxylic acid groups (broad SMARTS) is 1. The Labute approximate surface area is 150 Å². The van der Waals surface area contributed by atoms with E-state index in [-0.39, 0.29) is 0 Å². The fourth-order valence-corrected chi connectivity index (χ4v) is 3.76. The first-order valence-corrected chi connectivity index (χ1v) is 8.37. The second kappa shape index (κ2) is 5.72. The van der Waals surface area contributed by atoms with Crippen LogP contribution in [0.2, 0.25) is 0 Å². The van der Waals surface area contributed by atoms with Crippen molar-refractivity contribution in [2.24, 2.45) is 4.99 Å². The number of carboxylic acids is 1. The van der Waals surface area contributed by atoms with E-state index in [4.69, 9.17) is 5.11 Å². The van der Waals surface area contributed by atoms with Gasteiger partial charge in [0.25, 0.3) is 5.91 Å². The number of aryl methyl sites for hydroxylation is 1. The summed E-state index contributed by atoms with van der Waals surface area (Å²) in [6.45, 7) is 2.63. The molecule has 2 fully saturated rings. The quantitative estimate of drug-likeness (QED) is 0.828. The standard InChI is InChI=1S/C17H19N5O4/c1-10-4-3-5-11(8-10)20-6-7-21-13-14(18-16(20)21)19(2)17(26)22(15(13)25)9-12(23)24/h3-5,8,13-14H,6-7,9H2,1-2H3,(H,23,24). The van der Waals surface area contributed by atoms with Gasteiger partial charge in [-0.1, -0.05) is 12.1 Å². The maximum Gasteiger partial charge on any atom is 0.328 e. The van der Waals surface area contributed by atoms with Crippen LogP contribution < -0.4 is 4.90 Å². The highest BCUT2D eigenvalue weighted by atomic mass is 16.4. The van der Waals surface area contributed by atoms with E-state index < -0.39 is 36.7 Å². The van der Waals surface area contributed by atoms with Crippen LogP contribution in [-0.4, -0.2) is 82.6 Å². The van der Waals surface area contributed by atoms with Crippen LogP contribution >= 0.6 is 0 Å². The van der Waals surface area contributed by atoms with Gasteiger partial charge in [0.1, 0.15) is 6.54 Å². The van der Waals surface area contributed by atoms with Gasteiger partial charge in [-0.15, -0.1) is 0 Å². The predicted molar refractivity (Wildman–Crippen MR) is 92.7 cm³/mol. The van der Waals surface area contributed by atoms with Crippen LogP contribution in [0.5, 0.6) is 0 Å². The minimum absolute atomic E-state index is 0.509. The van der Waals surface area contributed by atoms with Crippen molar-refractivity contribution in [1.82, 2.24) is 14.7 Å². The van der Waals surface area contributed by atoms with Crippen molar-refractivity contribution in [3.05, 3.63) is 29.8 Å². The number of anilines is 1. The van der Waals surface area contributed by atoms with Gasteiger partial charge < -0.3 is 19.8 Å². The van der Waals surface area contributed by atoms with Crippen molar-refractivity contribution >= 4 is 29.6 Å². The number of nitrogens with zero attached hydrogens (tertiary/aromatic N) is 5. The van der Waals surface area contributed by atoms with E-state index in [0.717, 1.165) is 16.2 Å². The van der Waals surface area contributed by atoms with Crippen molar-refractivity contribution in [2.75, 3.05) is 31.6 Å². The molecule has 26 heavy (non-hydrogen) atoms. The highest BCUT2D eigenvalue weighted by Crippen LogP contribution is 2.33. The Morgan fingerprint density at radius 2 is 2.08 bits per heavy atom. The third-order valence-corrected chi connectivity index (χ3v) is 4.98. The molecule has 1 aromatic rings. The molecule has 0 spiro atoms. The molecule has 2 atom stereocenters. The van der Waals surface area contributed by atoms with Crippen LogP contribution in [0, 0.1) is 6.92 Å². The Kier molecular flexibility index (Phi) is 3.60. The summed E-state index contributed by atoms with van der Waals surface area (Å²) in [7, 11) is 1.55. The lowest BCUT2D eigenvalue weighted by Gasteiger charge is -2.39. The Bertz CT molecular complexity index is 838. The van der Waals surface area contributed by atoms with E-state index in [9.17, 15) is 14.4 Å². The molecule has 1 N–H and O–H groups in total. The number of guanidine groups is 1. The van der Waals surface area contributed by atoms with Gasteiger partial charge >= 0.3 is 12.0 Å². The Morgan fingerprint density at radius 3 is 2.77 bits per heavy atom. The monoisotopic (exact) mass is 357 g/mol. The maximum absolute atomic E-state index is 12.8. The van der Waals surface area contributed by atoms with E-state index in [0.29, 0.717) is 19.0 Å². The van der Waals surface area contributed by atoms with Crippen LogP contribution in [0.25, 0.3) is 0 Å². The number of hydrogen-bond acceptors (Lipinski definition) is 6. The summed E-state index contributed by atoms with van der Waals surface area (Å²) in [5.74, 6) is -1.08. The summed E-state index contributed by atoms with van der Waals surface area (Å²) in [6, 6.07) is 6.68. The smallest absolute Gasteiger partial charge is 0.328 e. The molecule has 9 heteroatoms. The molecule has 0 bridgehead atoms. The Morgan fingerprint density at radius 1 is 1.31 bits per heavy atom. The van der Waals surface area contributed by atoms with E-state index in [1.54, 1.807) is 7.05 Å². The van der Waals surface area contributed by atoms with Gasteiger partial charge in [0.05, 0.1) is 0 Å². The molecule has 9 nitrogen and oxygen atoms in total. The maximum atomic E-state index is 12.8. The molecule has 0 aromatic heterocycles. The second-order valence-corrected chi connectivity index (χ2v) is 6.68. The highest BCUT2D eigenvalue weighted by molar-refractivity contribution is 6.08. The summed E-state index contributed by atoms with van der Waals surface area (Å²) in [6.07, 6.45) is -0.636. The zero-order valence-corrected chi connectivity index (χ0v) is 14.5. The molecule has 0 radical (unpaired) electrons. The van der Waals surface area contributed by atoms with E-state index >= 15 is 0 Å². The number of aliphatic imine (C=N–C) groups is 1. The number of likely N-dealkylation sites (N-methyl/N-ethyl adjacent to an activating group) is 1. The van der Waals surface area contributed by atoms with Gasteiger partial charge in [-0.25, -0.2) is 9.79 Å². The van der Waals surface area contributed by atoms with Gasteiger partial charge in [0.2, 0.25) is 5.96 Å². The number of carbonyl (C=O) groups excluding carboxylic acids is 2. The van der Waals surface area contributed by atoms with E-state index in [1.807, 2.05) is 41.0 Å². The number of aliphatic carboxylic acids is 1. The van der Waals surface area contributed by atoms with Crippen LogP contribution in [0.4, 0.5) is 10.5 Å². The molecule has 4 rings (SSSR count). The Balaban J connectivity index is 1.67. The van der Waals surface area contributed by atoms with Crippen molar-refractivity contribution in [3.8, 4) is 0 Å². The first kappa shape index (κ1) is 16.4. The molecule has 3 heterocycles. The number of imide groups is 1. The molecule has 3 aliphatic rings. The first-order chi connectivity index (χ1) is 12.4. The number of urea groups is 1. The van der Waals surface area contributed by atoms with Crippen molar-refractivity contribution in [2.45, 2.75) is 19.1 Å². The van der Waals surface area contributed by atoms with Gasteiger partial charge in [-0.05, 0) is 24.6 Å². The lowest BCUT2D eigenvalue weighted by atomic mass is 10.1. The number of carbonyl (C=O) groups is 3. The van der Waals surface area contributed by atoms with Gasteiger partial charge in [-0.2, -0.15) is 0 Å². The predicted octanol–water partition coefficient (Wildman–Crippen LogP) is 0.160. The molecular formula is C17H19N5O4. The summed E-state index contributed by atoms with van der Waals surface area (Å²) < 4.78 is 0. The van der Waals surface area contributed by atoms with Gasteiger partial charge in [-0.3, -0.25) is 14.5 Å². The topological polar surface area (TPSA) is 96.8 Å². The molecule has 1 aromatic carbocycles. The number of fused-ring (bicyclic) bond motifs is 3. The van der Waals surface area contributed by atoms with Crippen LogP contribution in [0.1, 0.15) is 5.56 Å². The molecule has 3 aliphatic heterocycles. The van der Waals surface area contributed by atoms with Crippen LogP contribution in [-0.2, 0) is 9.59 Å². The molecule has 0 saturated carbocycles. The number of rotatable bonds is 3.